The molecule has 0 fully saturated rings. The van der Waals surface area contributed by atoms with Gasteiger partial charge in [-0.1, -0.05) is 23.4 Å². The molecule has 152 valence electrons. The Kier molecular flexibility index (Phi) is 5.30. The van der Waals surface area contributed by atoms with Gasteiger partial charge in [-0.05, 0) is 42.8 Å². The molecule has 0 saturated heterocycles. The van der Waals surface area contributed by atoms with Crippen LogP contribution in [0.25, 0.3) is 10.9 Å². The molecule has 2 aromatic carbocycles. The largest absolute Gasteiger partial charge is 0.361 e. The summed E-state index contributed by atoms with van der Waals surface area (Å²) in [6, 6.07) is 13.5. The number of hydrogen-bond acceptors (Lipinski definition) is 4. The molecule has 0 aliphatic heterocycles. The van der Waals surface area contributed by atoms with E-state index in [-0.39, 0.29) is 17.8 Å². The quantitative estimate of drug-likeness (QED) is 0.456. The first kappa shape index (κ1) is 19.4. The Morgan fingerprint density at radius 3 is 2.67 bits per heavy atom. The number of amides is 2. The van der Waals surface area contributed by atoms with Crippen molar-refractivity contribution >= 4 is 28.5 Å². The molecular formula is C22H19FN4O3. The maximum Gasteiger partial charge on any atom is 0.251 e. The minimum absolute atomic E-state index is 0.250. The average molecular weight is 406 g/mol. The molecule has 30 heavy (non-hydrogen) atoms. The van der Waals surface area contributed by atoms with Crippen LogP contribution >= 0.6 is 0 Å². The summed E-state index contributed by atoms with van der Waals surface area (Å²) in [7, 11) is 0. The molecule has 7 nitrogen and oxygen atoms in total. The topological polar surface area (TPSA) is 100 Å². The summed E-state index contributed by atoms with van der Waals surface area (Å²) in [6.07, 6.45) is 2.06. The number of H-pyrrole nitrogens is 1. The van der Waals surface area contributed by atoms with Crippen molar-refractivity contribution in [3.63, 3.8) is 0 Å². The van der Waals surface area contributed by atoms with Crippen molar-refractivity contribution < 1.29 is 18.5 Å². The standard InChI is InChI=1S/C22H19FN4O3/c1-13-10-20(27-30-13)26-22(29)19(25-21(28)14-6-8-16(23)9-7-14)11-15-12-24-18-5-3-2-4-17(15)18/h2-10,12,19,24H,11H2,1H3,(H,25,28)(H,26,27,29)/t19-/m1/s1. The molecular weight excluding hydrogens is 387 g/mol. The number of benzene rings is 2. The normalized spacial score (nSPS) is 11.9. The number of aromatic nitrogens is 2. The first-order valence-electron chi connectivity index (χ1n) is 9.35. The molecule has 1 atom stereocenters. The van der Waals surface area contributed by atoms with Gasteiger partial charge in [-0.3, -0.25) is 9.59 Å². The number of fused-ring (bicyclic) bond motifs is 1. The summed E-state index contributed by atoms with van der Waals surface area (Å²) in [5.74, 6) is -0.553. The molecule has 4 aromatic rings. The van der Waals surface area contributed by atoms with Crippen LogP contribution in [0.4, 0.5) is 10.2 Å². The molecule has 8 heteroatoms. The number of halogens is 1. The van der Waals surface area contributed by atoms with E-state index in [2.05, 4.69) is 20.8 Å². The second-order valence-electron chi connectivity index (χ2n) is 6.91. The first-order valence-corrected chi connectivity index (χ1v) is 9.35. The van der Waals surface area contributed by atoms with E-state index in [1.807, 2.05) is 30.5 Å². The van der Waals surface area contributed by atoms with Crippen LogP contribution in [0.5, 0.6) is 0 Å². The molecule has 2 heterocycles. The predicted octanol–water partition coefficient (Wildman–Crippen LogP) is 3.58. The third-order valence-electron chi connectivity index (χ3n) is 4.71. The number of aryl methyl sites for hydroxylation is 1. The van der Waals surface area contributed by atoms with Gasteiger partial charge in [0.1, 0.15) is 17.6 Å². The minimum atomic E-state index is -0.890. The lowest BCUT2D eigenvalue weighted by Gasteiger charge is -2.18. The molecule has 0 spiro atoms. The number of hydrogen-bond donors (Lipinski definition) is 3. The lowest BCUT2D eigenvalue weighted by Crippen LogP contribution is -2.45. The smallest absolute Gasteiger partial charge is 0.251 e. The van der Waals surface area contributed by atoms with E-state index < -0.39 is 23.7 Å². The number of rotatable bonds is 6. The van der Waals surface area contributed by atoms with Crippen LogP contribution in [0.15, 0.2) is 65.3 Å². The highest BCUT2D eigenvalue weighted by molar-refractivity contribution is 6.01. The van der Waals surface area contributed by atoms with Crippen molar-refractivity contribution in [2.45, 2.75) is 19.4 Å². The van der Waals surface area contributed by atoms with Gasteiger partial charge in [0.05, 0.1) is 0 Å². The van der Waals surface area contributed by atoms with E-state index >= 15 is 0 Å². The molecule has 3 N–H and O–H groups in total. The van der Waals surface area contributed by atoms with Crippen LogP contribution in [0, 0.1) is 12.7 Å². The zero-order valence-corrected chi connectivity index (χ0v) is 16.1. The molecule has 0 saturated carbocycles. The Morgan fingerprint density at radius 2 is 1.93 bits per heavy atom. The summed E-state index contributed by atoms with van der Waals surface area (Å²) >= 11 is 0. The second-order valence-corrected chi connectivity index (χ2v) is 6.91. The number of carbonyl (C=O) groups is 2. The fourth-order valence-electron chi connectivity index (χ4n) is 3.21. The maximum absolute atomic E-state index is 13.2. The van der Waals surface area contributed by atoms with Crippen molar-refractivity contribution in [2.24, 2.45) is 0 Å². The summed E-state index contributed by atoms with van der Waals surface area (Å²) in [5.41, 5.74) is 2.07. The Balaban J connectivity index is 1.58. The lowest BCUT2D eigenvalue weighted by atomic mass is 10.0. The second kappa shape index (κ2) is 8.20. The van der Waals surface area contributed by atoms with Crippen LogP contribution in [-0.2, 0) is 11.2 Å². The molecule has 2 aromatic heterocycles. The van der Waals surface area contributed by atoms with E-state index in [9.17, 15) is 14.0 Å². The molecule has 0 unspecified atom stereocenters. The number of carbonyl (C=O) groups excluding carboxylic acids is 2. The minimum Gasteiger partial charge on any atom is -0.361 e. The van der Waals surface area contributed by atoms with Gasteiger partial charge in [-0.15, -0.1) is 0 Å². The highest BCUT2D eigenvalue weighted by Gasteiger charge is 2.24. The van der Waals surface area contributed by atoms with Gasteiger partial charge < -0.3 is 20.1 Å². The predicted molar refractivity (Wildman–Crippen MR) is 110 cm³/mol. The van der Waals surface area contributed by atoms with Crippen molar-refractivity contribution in [2.75, 3.05) is 5.32 Å². The van der Waals surface area contributed by atoms with Crippen LogP contribution in [0.2, 0.25) is 0 Å². The highest BCUT2D eigenvalue weighted by Crippen LogP contribution is 2.20. The van der Waals surface area contributed by atoms with Gasteiger partial charge in [-0.25, -0.2) is 4.39 Å². The van der Waals surface area contributed by atoms with Gasteiger partial charge in [0.2, 0.25) is 5.91 Å². The lowest BCUT2D eigenvalue weighted by molar-refractivity contribution is -0.118. The van der Waals surface area contributed by atoms with Crippen LogP contribution in [0.1, 0.15) is 21.7 Å². The Bertz CT molecular complexity index is 1200. The monoisotopic (exact) mass is 406 g/mol. The van der Waals surface area contributed by atoms with Crippen LogP contribution in [0.3, 0.4) is 0 Å². The van der Waals surface area contributed by atoms with Crippen molar-refractivity contribution in [1.82, 2.24) is 15.5 Å². The number of aromatic amines is 1. The molecule has 2 amide bonds. The van der Waals surface area contributed by atoms with Gasteiger partial charge in [-0.2, -0.15) is 0 Å². The highest BCUT2D eigenvalue weighted by atomic mass is 19.1. The van der Waals surface area contributed by atoms with E-state index in [0.29, 0.717) is 5.76 Å². The third kappa shape index (κ3) is 4.22. The first-order chi connectivity index (χ1) is 14.5. The molecule has 0 aliphatic carbocycles. The number of nitrogens with one attached hydrogen (secondary N) is 3. The summed E-state index contributed by atoms with van der Waals surface area (Å²) in [6.45, 7) is 1.71. The Labute approximate surface area is 171 Å². The summed E-state index contributed by atoms with van der Waals surface area (Å²) in [5, 5.41) is 10.1. The third-order valence-corrected chi connectivity index (χ3v) is 4.71. The Morgan fingerprint density at radius 1 is 1.17 bits per heavy atom. The van der Waals surface area contributed by atoms with E-state index in [0.717, 1.165) is 16.5 Å². The van der Waals surface area contributed by atoms with E-state index in [1.54, 1.807) is 13.0 Å². The van der Waals surface area contributed by atoms with E-state index in [4.69, 9.17) is 4.52 Å². The zero-order valence-electron chi connectivity index (χ0n) is 16.1. The van der Waals surface area contributed by atoms with E-state index in [1.165, 1.54) is 24.3 Å². The summed E-state index contributed by atoms with van der Waals surface area (Å²) in [4.78, 5) is 28.8. The number of para-hydroxylation sites is 1. The number of anilines is 1. The molecule has 0 radical (unpaired) electrons. The van der Waals surface area contributed by atoms with Crippen LogP contribution in [-0.4, -0.2) is 28.0 Å². The van der Waals surface area contributed by atoms with Crippen molar-refractivity contribution in [3.8, 4) is 0 Å². The SMILES string of the molecule is Cc1cc(NC(=O)[C@@H](Cc2c[nH]c3ccccc23)NC(=O)c2ccc(F)cc2)no1. The maximum atomic E-state index is 13.2. The summed E-state index contributed by atoms with van der Waals surface area (Å²) < 4.78 is 18.1. The van der Waals surface area contributed by atoms with Gasteiger partial charge in [0.15, 0.2) is 5.82 Å². The zero-order chi connectivity index (χ0) is 21.1. The molecule has 0 aliphatic rings. The average Bonchev–Trinajstić information content (AvgIpc) is 3.34. The van der Waals surface area contributed by atoms with Crippen molar-refractivity contribution in [1.29, 1.82) is 0 Å². The molecule has 4 rings (SSSR count). The molecule has 0 bridgehead atoms. The van der Waals surface area contributed by atoms with Gasteiger partial charge in [0.25, 0.3) is 5.91 Å². The Hall–Kier alpha value is -3.94. The fraction of sp³-hybridized carbons (Fsp3) is 0.136. The van der Waals surface area contributed by atoms with Gasteiger partial charge >= 0.3 is 0 Å². The fourth-order valence-corrected chi connectivity index (χ4v) is 3.21. The number of nitrogens with zero attached hydrogens (tertiary/aromatic N) is 1. The van der Waals surface area contributed by atoms with Gasteiger partial charge in [0, 0.05) is 35.2 Å². The van der Waals surface area contributed by atoms with Crippen LogP contribution < -0.4 is 10.6 Å². The van der Waals surface area contributed by atoms with Crippen molar-refractivity contribution in [3.05, 3.63) is 83.5 Å².